The molecule has 2 saturated heterocycles. The van der Waals surface area contributed by atoms with Crippen molar-refractivity contribution < 1.29 is 4.79 Å². The summed E-state index contributed by atoms with van der Waals surface area (Å²) in [5.74, 6) is 2.10. The van der Waals surface area contributed by atoms with Crippen LogP contribution in [0.5, 0.6) is 0 Å². The third-order valence-corrected chi connectivity index (χ3v) is 5.70. The van der Waals surface area contributed by atoms with Crippen LogP contribution in [0.25, 0.3) is 0 Å². The number of aryl methyl sites for hydroxylation is 1. The number of halogens is 1. The third-order valence-electron chi connectivity index (χ3n) is 5.17. The number of amides is 1. The Balaban J connectivity index is 1.36. The molecule has 0 N–H and O–H groups in total. The van der Waals surface area contributed by atoms with Crippen molar-refractivity contribution in [1.82, 2.24) is 14.9 Å². The second kappa shape index (κ2) is 6.75. The van der Waals surface area contributed by atoms with Gasteiger partial charge in [0.1, 0.15) is 0 Å². The van der Waals surface area contributed by atoms with Crippen molar-refractivity contribution in [3.63, 3.8) is 0 Å². The first-order valence-electron chi connectivity index (χ1n) is 8.65. The average Bonchev–Trinajstić information content (AvgIpc) is 3.16. The van der Waals surface area contributed by atoms with Gasteiger partial charge in [-0.15, -0.1) is 0 Å². The molecule has 6 heteroatoms. The summed E-state index contributed by atoms with van der Waals surface area (Å²) in [4.78, 5) is 25.8. The number of nitrogens with zero attached hydrogens (tertiary/aromatic N) is 4. The number of aromatic nitrogens is 2. The van der Waals surface area contributed by atoms with E-state index in [0.717, 1.165) is 47.9 Å². The molecule has 0 saturated carbocycles. The van der Waals surface area contributed by atoms with E-state index in [-0.39, 0.29) is 5.91 Å². The van der Waals surface area contributed by atoms with E-state index in [0.29, 0.717) is 18.3 Å². The molecule has 1 aromatic carbocycles. The van der Waals surface area contributed by atoms with Gasteiger partial charge >= 0.3 is 0 Å². The fraction of sp³-hybridized carbons (Fsp3) is 0.421. The Labute approximate surface area is 156 Å². The van der Waals surface area contributed by atoms with Gasteiger partial charge in [-0.25, -0.2) is 9.97 Å². The fourth-order valence-electron chi connectivity index (χ4n) is 3.84. The number of likely N-dealkylation sites (tertiary alicyclic amines) is 1. The van der Waals surface area contributed by atoms with Gasteiger partial charge in [0, 0.05) is 54.4 Å². The smallest absolute Gasteiger partial charge is 0.227 e. The Bertz CT molecular complexity index is 765. The van der Waals surface area contributed by atoms with Gasteiger partial charge in [-0.3, -0.25) is 4.79 Å². The lowest BCUT2D eigenvalue weighted by molar-refractivity contribution is -0.129. The van der Waals surface area contributed by atoms with E-state index in [4.69, 9.17) is 0 Å². The van der Waals surface area contributed by atoms with Crippen molar-refractivity contribution in [1.29, 1.82) is 0 Å². The number of anilines is 1. The molecule has 2 aliphatic rings. The van der Waals surface area contributed by atoms with Gasteiger partial charge in [0.25, 0.3) is 0 Å². The molecule has 1 amide bonds. The predicted octanol–water partition coefficient (Wildman–Crippen LogP) is 2.68. The zero-order valence-corrected chi connectivity index (χ0v) is 15.8. The van der Waals surface area contributed by atoms with Crippen LogP contribution < -0.4 is 4.90 Å². The van der Waals surface area contributed by atoms with Crippen LogP contribution in [0.15, 0.2) is 41.0 Å². The molecule has 2 atom stereocenters. The van der Waals surface area contributed by atoms with Crippen LogP contribution in [0.4, 0.5) is 5.95 Å². The molecular formula is C19H21BrN4O. The minimum absolute atomic E-state index is 0.232. The molecule has 5 nitrogen and oxygen atoms in total. The lowest BCUT2D eigenvalue weighted by atomic mass is 10.0. The van der Waals surface area contributed by atoms with Crippen LogP contribution in [-0.2, 0) is 11.2 Å². The summed E-state index contributed by atoms with van der Waals surface area (Å²) < 4.78 is 1.04. The maximum Gasteiger partial charge on any atom is 0.227 e. The molecule has 0 aliphatic carbocycles. The van der Waals surface area contributed by atoms with Crippen molar-refractivity contribution in [3.05, 3.63) is 52.3 Å². The highest BCUT2D eigenvalue weighted by molar-refractivity contribution is 9.10. The van der Waals surface area contributed by atoms with Crippen LogP contribution in [0, 0.1) is 18.8 Å². The monoisotopic (exact) mass is 400 g/mol. The van der Waals surface area contributed by atoms with E-state index in [1.54, 1.807) is 0 Å². The number of fused-ring (bicyclic) bond motifs is 1. The molecule has 130 valence electrons. The van der Waals surface area contributed by atoms with E-state index in [2.05, 4.69) is 30.8 Å². The van der Waals surface area contributed by atoms with Crippen molar-refractivity contribution in [2.75, 3.05) is 31.1 Å². The summed E-state index contributed by atoms with van der Waals surface area (Å²) >= 11 is 3.43. The second-order valence-electron chi connectivity index (χ2n) is 7.03. The van der Waals surface area contributed by atoms with Crippen molar-refractivity contribution in [3.8, 4) is 0 Å². The summed E-state index contributed by atoms with van der Waals surface area (Å²) in [6.45, 7) is 5.57. The lowest BCUT2D eigenvalue weighted by Crippen LogP contribution is -2.34. The van der Waals surface area contributed by atoms with Gasteiger partial charge in [0.15, 0.2) is 0 Å². The highest BCUT2D eigenvalue weighted by atomic mass is 79.9. The summed E-state index contributed by atoms with van der Waals surface area (Å²) in [5.41, 5.74) is 2.06. The molecule has 2 aliphatic heterocycles. The van der Waals surface area contributed by atoms with Crippen molar-refractivity contribution in [2.45, 2.75) is 13.3 Å². The maximum atomic E-state index is 12.6. The molecule has 2 unspecified atom stereocenters. The standard InChI is InChI=1S/C19H21BrN4O/c1-13-6-7-21-19(22-13)24-11-15-9-23(10-16(15)12-24)18(25)8-14-2-4-17(20)5-3-14/h2-7,15-16H,8-12H2,1H3. The molecule has 4 rings (SSSR count). The molecule has 3 heterocycles. The Kier molecular flexibility index (Phi) is 4.46. The van der Waals surface area contributed by atoms with E-state index in [1.165, 1.54) is 0 Å². The van der Waals surface area contributed by atoms with Crippen molar-refractivity contribution in [2.24, 2.45) is 11.8 Å². The normalized spacial score (nSPS) is 22.3. The quantitative estimate of drug-likeness (QED) is 0.794. The van der Waals surface area contributed by atoms with Crippen LogP contribution in [0.1, 0.15) is 11.3 Å². The number of hydrogen-bond acceptors (Lipinski definition) is 4. The van der Waals surface area contributed by atoms with Gasteiger partial charge in [-0.1, -0.05) is 28.1 Å². The van der Waals surface area contributed by atoms with Crippen LogP contribution in [-0.4, -0.2) is 47.0 Å². The van der Waals surface area contributed by atoms with E-state index < -0.39 is 0 Å². The highest BCUT2D eigenvalue weighted by Crippen LogP contribution is 2.33. The zero-order valence-electron chi connectivity index (χ0n) is 14.2. The molecule has 2 aromatic rings. The molecule has 25 heavy (non-hydrogen) atoms. The first-order chi connectivity index (χ1) is 12.1. The second-order valence-corrected chi connectivity index (χ2v) is 7.94. The lowest BCUT2D eigenvalue weighted by Gasteiger charge is -2.22. The maximum absolute atomic E-state index is 12.6. The molecule has 1 aromatic heterocycles. The zero-order chi connectivity index (χ0) is 17.4. The van der Waals surface area contributed by atoms with E-state index in [9.17, 15) is 4.79 Å². The fourth-order valence-corrected chi connectivity index (χ4v) is 4.10. The Morgan fingerprint density at radius 3 is 2.44 bits per heavy atom. The van der Waals surface area contributed by atoms with Gasteiger partial charge in [0.2, 0.25) is 11.9 Å². The Hall–Kier alpha value is -1.95. The third kappa shape index (κ3) is 3.54. The number of carbonyl (C=O) groups excluding carboxylic acids is 1. The predicted molar refractivity (Wildman–Crippen MR) is 100 cm³/mol. The summed E-state index contributed by atoms with van der Waals surface area (Å²) in [6, 6.07) is 9.91. The highest BCUT2D eigenvalue weighted by Gasteiger charge is 2.42. The minimum Gasteiger partial charge on any atom is -0.342 e. The SMILES string of the molecule is Cc1ccnc(N2CC3CN(C(=O)Cc4ccc(Br)cc4)CC3C2)n1. The average molecular weight is 401 g/mol. The number of carbonyl (C=O) groups is 1. The van der Waals surface area contributed by atoms with Crippen LogP contribution in [0.2, 0.25) is 0 Å². The molecule has 0 spiro atoms. The topological polar surface area (TPSA) is 49.3 Å². The van der Waals surface area contributed by atoms with Crippen LogP contribution >= 0.6 is 15.9 Å². The van der Waals surface area contributed by atoms with Gasteiger partial charge in [0.05, 0.1) is 6.42 Å². The first-order valence-corrected chi connectivity index (χ1v) is 9.44. The summed E-state index contributed by atoms with van der Waals surface area (Å²) in [5, 5.41) is 0. The molecule has 2 fully saturated rings. The van der Waals surface area contributed by atoms with E-state index >= 15 is 0 Å². The van der Waals surface area contributed by atoms with E-state index in [1.807, 2.05) is 48.4 Å². The first kappa shape index (κ1) is 16.5. The largest absolute Gasteiger partial charge is 0.342 e. The Morgan fingerprint density at radius 2 is 1.80 bits per heavy atom. The van der Waals surface area contributed by atoms with Gasteiger partial charge in [-0.2, -0.15) is 0 Å². The molecule has 0 bridgehead atoms. The Morgan fingerprint density at radius 1 is 1.12 bits per heavy atom. The van der Waals surface area contributed by atoms with Gasteiger partial charge < -0.3 is 9.80 Å². The van der Waals surface area contributed by atoms with Gasteiger partial charge in [-0.05, 0) is 30.7 Å². The van der Waals surface area contributed by atoms with Crippen molar-refractivity contribution >= 4 is 27.8 Å². The number of hydrogen-bond donors (Lipinski definition) is 0. The van der Waals surface area contributed by atoms with Crippen LogP contribution in [0.3, 0.4) is 0 Å². The molecular weight excluding hydrogens is 380 g/mol. The number of rotatable bonds is 3. The summed E-state index contributed by atoms with van der Waals surface area (Å²) in [7, 11) is 0. The summed E-state index contributed by atoms with van der Waals surface area (Å²) in [6.07, 6.45) is 2.30. The number of benzene rings is 1. The molecule has 0 radical (unpaired) electrons. The minimum atomic E-state index is 0.232.